The predicted octanol–water partition coefficient (Wildman–Crippen LogP) is 6.03. The largest absolute Gasteiger partial charge is 0.478 e. The highest BCUT2D eigenvalue weighted by atomic mass is 32.2. The van der Waals surface area contributed by atoms with Gasteiger partial charge in [0.05, 0.1) is 16.0 Å². The number of aryl methyl sites for hydroxylation is 3. The van der Waals surface area contributed by atoms with E-state index in [1.54, 1.807) is 29.2 Å². The number of benzene rings is 3. The summed E-state index contributed by atoms with van der Waals surface area (Å²) in [6.07, 6.45) is 6.15. The Morgan fingerprint density at radius 3 is 2.12 bits per heavy atom. The Balaban J connectivity index is 1.12. The predicted molar refractivity (Wildman–Crippen MR) is 196 cm³/mol. The summed E-state index contributed by atoms with van der Waals surface area (Å²) in [5.41, 5.74) is 4.95. The number of fused-ring (bicyclic) bond motifs is 1. The normalized spacial score (nSPS) is 14.9. The molecular formula is C39H41N3O7S2. The van der Waals surface area contributed by atoms with Crippen LogP contribution in [0.4, 0.5) is 5.69 Å². The fourth-order valence-corrected chi connectivity index (χ4v) is 9.60. The second kappa shape index (κ2) is 15.7. The first-order chi connectivity index (χ1) is 24.5. The number of aromatic carboxylic acids is 1. The van der Waals surface area contributed by atoms with E-state index in [1.165, 1.54) is 34.7 Å². The molecular weight excluding hydrogens is 687 g/mol. The van der Waals surface area contributed by atoms with Crippen molar-refractivity contribution in [3.63, 3.8) is 0 Å². The van der Waals surface area contributed by atoms with Gasteiger partial charge in [-0.05, 0) is 98.0 Å². The fraction of sp³-hybridized carbons (Fsp3) is 0.333. The van der Waals surface area contributed by atoms with Gasteiger partial charge in [0.25, 0.3) is 5.91 Å². The van der Waals surface area contributed by atoms with Gasteiger partial charge in [-0.3, -0.25) is 14.4 Å². The Hall–Kier alpha value is -4.65. The summed E-state index contributed by atoms with van der Waals surface area (Å²) in [6.45, 7) is 2.48. The molecule has 3 aromatic carbocycles. The minimum atomic E-state index is -3.86. The Kier molecular flexibility index (Phi) is 11.1. The van der Waals surface area contributed by atoms with Crippen molar-refractivity contribution >= 4 is 50.6 Å². The lowest BCUT2D eigenvalue weighted by Gasteiger charge is -2.33. The lowest BCUT2D eigenvalue weighted by atomic mass is 9.93. The molecule has 1 aliphatic heterocycles. The molecule has 0 radical (unpaired) electrons. The molecule has 1 aromatic heterocycles. The molecule has 6 rings (SSSR count). The number of piperazine rings is 1. The van der Waals surface area contributed by atoms with E-state index in [2.05, 4.69) is 5.32 Å². The molecule has 51 heavy (non-hydrogen) atoms. The third-order valence-electron chi connectivity index (χ3n) is 9.61. The molecule has 12 heteroatoms. The van der Waals surface area contributed by atoms with E-state index in [9.17, 15) is 27.6 Å². The number of hydrogen-bond acceptors (Lipinski definition) is 7. The molecule has 2 heterocycles. The van der Waals surface area contributed by atoms with Crippen molar-refractivity contribution in [1.29, 1.82) is 0 Å². The third kappa shape index (κ3) is 8.46. The molecule has 0 spiro atoms. The summed E-state index contributed by atoms with van der Waals surface area (Å²) >= 11 is 1.50. The SMILES string of the molecule is CC(=O)N1CCN(S(=O)(=O)c2cccc(C(=O)Cc3sc4c(c3C(=O)Nc3ccc(CCCc5ccc(C(=O)O)cc5)cc3)CCCC4)c2)CC1. The van der Waals surface area contributed by atoms with Crippen LogP contribution in [0.3, 0.4) is 0 Å². The van der Waals surface area contributed by atoms with Crippen LogP contribution in [0.2, 0.25) is 0 Å². The zero-order valence-electron chi connectivity index (χ0n) is 28.5. The van der Waals surface area contributed by atoms with Crippen molar-refractivity contribution in [3.05, 3.63) is 116 Å². The van der Waals surface area contributed by atoms with E-state index in [4.69, 9.17) is 5.11 Å². The number of amides is 2. The number of thiophene rings is 1. The van der Waals surface area contributed by atoms with Gasteiger partial charge in [-0.25, -0.2) is 13.2 Å². The zero-order valence-corrected chi connectivity index (χ0v) is 30.2. The lowest BCUT2D eigenvalue weighted by Crippen LogP contribution is -2.49. The number of carboxylic acid groups (broad SMARTS) is 1. The third-order valence-corrected chi connectivity index (χ3v) is 12.8. The van der Waals surface area contributed by atoms with E-state index in [0.717, 1.165) is 66.5 Å². The van der Waals surface area contributed by atoms with Crippen LogP contribution in [-0.2, 0) is 46.9 Å². The molecule has 1 aliphatic carbocycles. The minimum Gasteiger partial charge on any atom is -0.478 e. The van der Waals surface area contributed by atoms with E-state index in [-0.39, 0.29) is 53.1 Å². The lowest BCUT2D eigenvalue weighted by molar-refractivity contribution is -0.129. The number of ketones is 1. The van der Waals surface area contributed by atoms with Crippen molar-refractivity contribution in [3.8, 4) is 0 Å². The highest BCUT2D eigenvalue weighted by molar-refractivity contribution is 7.89. The Labute approximate surface area is 302 Å². The second-order valence-corrected chi connectivity index (χ2v) is 16.2. The van der Waals surface area contributed by atoms with Crippen LogP contribution in [0.5, 0.6) is 0 Å². The number of Topliss-reactive ketones (excluding diaryl/α,β-unsaturated/α-hetero) is 1. The van der Waals surface area contributed by atoms with Gasteiger partial charge in [-0.1, -0.05) is 36.4 Å². The molecule has 1 saturated heterocycles. The van der Waals surface area contributed by atoms with Crippen molar-refractivity contribution in [2.75, 3.05) is 31.5 Å². The first-order valence-corrected chi connectivity index (χ1v) is 19.5. The van der Waals surface area contributed by atoms with Gasteiger partial charge < -0.3 is 15.3 Å². The Morgan fingerprint density at radius 2 is 1.47 bits per heavy atom. The smallest absolute Gasteiger partial charge is 0.335 e. The number of hydrogen-bond donors (Lipinski definition) is 2. The minimum absolute atomic E-state index is 0.0147. The highest BCUT2D eigenvalue weighted by Crippen LogP contribution is 2.36. The van der Waals surface area contributed by atoms with Gasteiger partial charge in [0, 0.05) is 60.5 Å². The maximum Gasteiger partial charge on any atom is 0.335 e. The molecule has 10 nitrogen and oxygen atoms in total. The zero-order chi connectivity index (χ0) is 36.1. The van der Waals surface area contributed by atoms with Crippen LogP contribution in [-0.4, -0.2) is 72.5 Å². The Morgan fingerprint density at radius 1 is 0.824 bits per heavy atom. The molecule has 0 bridgehead atoms. The van der Waals surface area contributed by atoms with E-state index >= 15 is 0 Å². The van der Waals surface area contributed by atoms with Crippen molar-refractivity contribution in [2.45, 2.75) is 63.2 Å². The molecule has 4 aromatic rings. The topological polar surface area (TPSA) is 141 Å². The van der Waals surface area contributed by atoms with Crippen molar-refractivity contribution in [2.24, 2.45) is 0 Å². The van der Waals surface area contributed by atoms with E-state index < -0.39 is 16.0 Å². The van der Waals surface area contributed by atoms with Gasteiger partial charge in [0.1, 0.15) is 0 Å². The van der Waals surface area contributed by atoms with Crippen LogP contribution in [0, 0.1) is 0 Å². The number of carboxylic acids is 1. The fourth-order valence-electron chi connectivity index (χ4n) is 6.74. The highest BCUT2D eigenvalue weighted by Gasteiger charge is 2.31. The number of carbonyl (C=O) groups is 4. The van der Waals surface area contributed by atoms with Gasteiger partial charge in [0.2, 0.25) is 15.9 Å². The number of sulfonamides is 1. The molecule has 1 fully saturated rings. The maximum atomic E-state index is 13.8. The van der Waals surface area contributed by atoms with Crippen LogP contribution in [0.25, 0.3) is 0 Å². The van der Waals surface area contributed by atoms with Crippen molar-refractivity contribution < 1.29 is 32.7 Å². The quantitative estimate of drug-likeness (QED) is 0.170. The van der Waals surface area contributed by atoms with Crippen molar-refractivity contribution in [1.82, 2.24) is 9.21 Å². The first kappa shape index (κ1) is 36.2. The van der Waals surface area contributed by atoms with Crippen LogP contribution < -0.4 is 5.32 Å². The summed E-state index contributed by atoms with van der Waals surface area (Å²) in [5, 5.41) is 12.1. The summed E-state index contributed by atoms with van der Waals surface area (Å²) in [6, 6.07) is 20.7. The number of nitrogens with one attached hydrogen (secondary N) is 1. The molecule has 0 saturated carbocycles. The second-order valence-electron chi connectivity index (χ2n) is 13.1. The van der Waals surface area contributed by atoms with Crippen LogP contribution in [0.15, 0.2) is 77.7 Å². The summed E-state index contributed by atoms with van der Waals surface area (Å²) in [7, 11) is -3.86. The first-order valence-electron chi connectivity index (χ1n) is 17.2. The standard InChI is InChI=1S/C39H41N3O7S2/c1-26(43)41-20-22-42(23-21-41)51(48,49)32-9-5-8-30(24-32)34(44)25-36-37(33-10-2-3-11-35(33)50-36)38(45)40-31-18-14-28(15-19-31)7-4-6-27-12-16-29(17-13-27)39(46)47/h5,8-9,12-19,24H,2-4,6-7,10-11,20-23,25H2,1H3,(H,40,45)(H,46,47). The molecule has 2 amide bonds. The summed E-state index contributed by atoms with van der Waals surface area (Å²) in [5.74, 6) is -1.54. The molecule has 0 atom stereocenters. The number of nitrogens with zero attached hydrogens (tertiary/aromatic N) is 2. The average Bonchev–Trinajstić information content (AvgIpc) is 3.50. The number of anilines is 1. The maximum absolute atomic E-state index is 13.8. The van der Waals surface area contributed by atoms with E-state index in [1.807, 2.05) is 36.4 Å². The number of rotatable bonds is 12. The molecule has 0 unspecified atom stereocenters. The molecule has 266 valence electrons. The summed E-state index contributed by atoms with van der Waals surface area (Å²) in [4.78, 5) is 53.8. The van der Waals surface area contributed by atoms with Crippen LogP contribution >= 0.6 is 11.3 Å². The van der Waals surface area contributed by atoms with Gasteiger partial charge in [-0.2, -0.15) is 4.31 Å². The monoisotopic (exact) mass is 727 g/mol. The average molecular weight is 728 g/mol. The van der Waals surface area contributed by atoms with Gasteiger partial charge in [0.15, 0.2) is 5.78 Å². The molecule has 2 N–H and O–H groups in total. The van der Waals surface area contributed by atoms with E-state index in [0.29, 0.717) is 29.2 Å². The van der Waals surface area contributed by atoms with Crippen LogP contribution in [0.1, 0.15) is 83.7 Å². The summed E-state index contributed by atoms with van der Waals surface area (Å²) < 4.78 is 28.3. The number of carbonyl (C=O) groups excluding carboxylic acids is 3. The van der Waals surface area contributed by atoms with Gasteiger partial charge in [-0.15, -0.1) is 11.3 Å². The Bertz CT molecular complexity index is 2050. The molecule has 2 aliphatic rings. The van der Waals surface area contributed by atoms with Gasteiger partial charge >= 0.3 is 5.97 Å².